The van der Waals surface area contributed by atoms with Crippen molar-refractivity contribution >= 4 is 19.6 Å². The van der Waals surface area contributed by atoms with Crippen LogP contribution in [-0.2, 0) is 4.57 Å². The molecular formula is C7H9O4PS. The van der Waals surface area contributed by atoms with Gasteiger partial charge in [0.25, 0.3) is 0 Å². The van der Waals surface area contributed by atoms with Gasteiger partial charge in [0.15, 0.2) is 0 Å². The summed E-state index contributed by atoms with van der Waals surface area (Å²) in [6.45, 7) is 0. The van der Waals surface area contributed by atoms with E-state index in [4.69, 9.17) is 9.79 Å². The van der Waals surface area contributed by atoms with E-state index in [9.17, 15) is 4.57 Å². The Balaban J connectivity index is 2.76. The summed E-state index contributed by atoms with van der Waals surface area (Å²) in [5.41, 5.74) is 0. The van der Waals surface area contributed by atoms with Gasteiger partial charge in [0.2, 0.25) is 0 Å². The standard InChI is InChI=1S/C7H9O4PS/c1-13-7-4-2-6(3-5-7)11-12(8,9)10/h2-5H,1H3,(H2,8,9,10). The Labute approximate surface area is 80.2 Å². The van der Waals surface area contributed by atoms with Gasteiger partial charge in [-0.1, -0.05) is 0 Å². The van der Waals surface area contributed by atoms with Gasteiger partial charge in [0.05, 0.1) is 0 Å². The largest absolute Gasteiger partial charge is 0.524 e. The molecule has 6 heteroatoms. The van der Waals surface area contributed by atoms with Gasteiger partial charge in [0, 0.05) is 4.90 Å². The van der Waals surface area contributed by atoms with Crippen LogP contribution in [0.15, 0.2) is 29.2 Å². The van der Waals surface area contributed by atoms with E-state index in [2.05, 4.69) is 4.52 Å². The lowest BCUT2D eigenvalue weighted by Gasteiger charge is -2.06. The molecular weight excluding hydrogens is 211 g/mol. The molecule has 0 spiro atoms. The number of phosphoric ester groups is 1. The van der Waals surface area contributed by atoms with Crippen LogP contribution in [0.25, 0.3) is 0 Å². The molecule has 0 bridgehead atoms. The van der Waals surface area contributed by atoms with Crippen molar-refractivity contribution in [3.8, 4) is 5.75 Å². The number of hydrogen-bond acceptors (Lipinski definition) is 3. The first-order chi connectivity index (χ1) is 6.01. The van der Waals surface area contributed by atoms with E-state index in [0.29, 0.717) is 0 Å². The second-order valence-corrected chi connectivity index (χ2v) is 4.30. The van der Waals surface area contributed by atoms with Crippen molar-refractivity contribution in [2.24, 2.45) is 0 Å². The molecule has 0 unspecified atom stereocenters. The zero-order valence-electron chi connectivity index (χ0n) is 6.88. The predicted molar refractivity (Wildman–Crippen MR) is 50.9 cm³/mol. The highest BCUT2D eigenvalue weighted by atomic mass is 32.2. The molecule has 72 valence electrons. The Hall–Kier alpha value is -0.480. The Bertz CT molecular complexity index is 318. The number of phosphoric acid groups is 1. The smallest absolute Gasteiger partial charge is 0.404 e. The van der Waals surface area contributed by atoms with E-state index >= 15 is 0 Å². The SMILES string of the molecule is CSc1ccc(OP(=O)(O)O)cc1. The molecule has 0 aliphatic rings. The van der Waals surface area contributed by atoms with Gasteiger partial charge in [-0.3, -0.25) is 9.79 Å². The molecule has 1 aromatic carbocycles. The molecule has 0 saturated carbocycles. The highest BCUT2D eigenvalue weighted by Gasteiger charge is 2.15. The molecule has 0 radical (unpaired) electrons. The van der Waals surface area contributed by atoms with Crippen LogP contribution in [0.2, 0.25) is 0 Å². The zero-order valence-corrected chi connectivity index (χ0v) is 8.59. The zero-order chi connectivity index (χ0) is 9.90. The van der Waals surface area contributed by atoms with E-state index < -0.39 is 7.82 Å². The van der Waals surface area contributed by atoms with Gasteiger partial charge in [-0.05, 0) is 30.5 Å². The number of thioether (sulfide) groups is 1. The summed E-state index contributed by atoms with van der Waals surface area (Å²) < 4.78 is 14.8. The summed E-state index contributed by atoms with van der Waals surface area (Å²) in [6.07, 6.45) is 1.92. The fourth-order valence-corrected chi connectivity index (χ4v) is 1.58. The van der Waals surface area contributed by atoms with Crippen molar-refractivity contribution in [1.82, 2.24) is 0 Å². The molecule has 13 heavy (non-hydrogen) atoms. The van der Waals surface area contributed by atoms with E-state index in [1.165, 1.54) is 12.1 Å². The third kappa shape index (κ3) is 3.83. The number of benzene rings is 1. The summed E-state index contributed by atoms with van der Waals surface area (Å²) in [6, 6.07) is 6.50. The summed E-state index contributed by atoms with van der Waals surface area (Å²) in [7, 11) is -4.42. The van der Waals surface area contributed by atoms with E-state index in [0.717, 1.165) is 4.90 Å². The highest BCUT2D eigenvalue weighted by molar-refractivity contribution is 7.98. The first kappa shape index (κ1) is 10.6. The van der Waals surface area contributed by atoms with Crippen LogP contribution in [0, 0.1) is 0 Å². The fraction of sp³-hybridized carbons (Fsp3) is 0.143. The maximum atomic E-state index is 10.4. The Morgan fingerprint density at radius 1 is 1.31 bits per heavy atom. The fourth-order valence-electron chi connectivity index (χ4n) is 0.774. The molecule has 0 heterocycles. The van der Waals surface area contributed by atoms with Gasteiger partial charge in [-0.15, -0.1) is 11.8 Å². The molecule has 0 saturated heterocycles. The van der Waals surface area contributed by atoms with Crippen LogP contribution in [0.5, 0.6) is 5.75 Å². The normalized spacial score (nSPS) is 11.3. The minimum atomic E-state index is -4.42. The maximum absolute atomic E-state index is 10.4. The van der Waals surface area contributed by atoms with Crippen molar-refractivity contribution in [1.29, 1.82) is 0 Å². The summed E-state index contributed by atoms with van der Waals surface area (Å²) in [5, 5.41) is 0. The van der Waals surface area contributed by atoms with Gasteiger partial charge in [0.1, 0.15) is 5.75 Å². The van der Waals surface area contributed by atoms with Gasteiger partial charge in [-0.2, -0.15) is 0 Å². The third-order valence-corrected chi connectivity index (χ3v) is 2.48. The van der Waals surface area contributed by atoms with Crippen LogP contribution in [0.3, 0.4) is 0 Å². The summed E-state index contributed by atoms with van der Waals surface area (Å²) in [4.78, 5) is 18.0. The molecule has 1 aromatic rings. The van der Waals surface area contributed by atoms with Crippen molar-refractivity contribution < 1.29 is 18.9 Å². The predicted octanol–water partition coefficient (Wildman–Crippen LogP) is 1.88. The number of hydrogen-bond donors (Lipinski definition) is 2. The van der Waals surface area contributed by atoms with Crippen molar-refractivity contribution in [3.63, 3.8) is 0 Å². The molecule has 0 atom stereocenters. The monoisotopic (exact) mass is 220 g/mol. The lowest BCUT2D eigenvalue weighted by molar-refractivity contribution is 0.283. The van der Waals surface area contributed by atoms with Crippen LogP contribution >= 0.6 is 19.6 Å². The average Bonchev–Trinajstić information content (AvgIpc) is 2.03. The average molecular weight is 220 g/mol. The van der Waals surface area contributed by atoms with E-state index in [-0.39, 0.29) is 5.75 Å². The molecule has 0 aliphatic heterocycles. The maximum Gasteiger partial charge on any atom is 0.524 e. The Morgan fingerprint density at radius 2 is 1.85 bits per heavy atom. The van der Waals surface area contributed by atoms with Crippen molar-refractivity contribution in [2.75, 3.05) is 6.26 Å². The van der Waals surface area contributed by atoms with Crippen LogP contribution < -0.4 is 4.52 Å². The van der Waals surface area contributed by atoms with E-state index in [1.54, 1.807) is 23.9 Å². The highest BCUT2D eigenvalue weighted by Crippen LogP contribution is 2.37. The summed E-state index contributed by atoms with van der Waals surface area (Å²) in [5.74, 6) is 0.172. The van der Waals surface area contributed by atoms with Crippen LogP contribution in [0.4, 0.5) is 0 Å². The van der Waals surface area contributed by atoms with E-state index in [1.807, 2.05) is 6.26 Å². The van der Waals surface area contributed by atoms with Crippen LogP contribution in [0.1, 0.15) is 0 Å². The molecule has 0 aromatic heterocycles. The molecule has 1 rings (SSSR count). The quantitative estimate of drug-likeness (QED) is 0.601. The Kier molecular flexibility index (Phi) is 3.39. The van der Waals surface area contributed by atoms with Crippen molar-refractivity contribution in [2.45, 2.75) is 4.90 Å². The second kappa shape index (κ2) is 4.15. The van der Waals surface area contributed by atoms with Crippen molar-refractivity contribution in [3.05, 3.63) is 24.3 Å². The van der Waals surface area contributed by atoms with Gasteiger partial charge in [-0.25, -0.2) is 4.57 Å². The lowest BCUT2D eigenvalue weighted by atomic mass is 10.3. The second-order valence-electron chi connectivity index (χ2n) is 2.26. The lowest BCUT2D eigenvalue weighted by Crippen LogP contribution is -1.89. The Morgan fingerprint density at radius 3 is 2.23 bits per heavy atom. The van der Waals surface area contributed by atoms with Gasteiger partial charge >= 0.3 is 7.82 Å². The molecule has 0 aliphatic carbocycles. The van der Waals surface area contributed by atoms with Gasteiger partial charge < -0.3 is 4.52 Å². The number of rotatable bonds is 3. The first-order valence-corrected chi connectivity index (χ1v) is 6.16. The third-order valence-electron chi connectivity index (χ3n) is 1.28. The minimum absolute atomic E-state index is 0.172. The van der Waals surface area contributed by atoms with Crippen LogP contribution in [-0.4, -0.2) is 16.0 Å². The summed E-state index contributed by atoms with van der Waals surface area (Å²) >= 11 is 1.55. The molecule has 0 fully saturated rings. The first-order valence-electron chi connectivity index (χ1n) is 3.40. The minimum Gasteiger partial charge on any atom is -0.404 e. The topological polar surface area (TPSA) is 66.8 Å². The molecule has 0 amide bonds. The molecule has 4 nitrogen and oxygen atoms in total. The molecule has 2 N–H and O–H groups in total.